The Morgan fingerprint density at radius 3 is 2.60 bits per heavy atom. The van der Waals surface area contributed by atoms with Crippen LogP contribution in [0, 0.1) is 0 Å². The number of nitrogens with two attached hydrogens (primary N) is 2. The van der Waals surface area contributed by atoms with Crippen molar-refractivity contribution in [3.05, 3.63) is 24.2 Å². The van der Waals surface area contributed by atoms with E-state index in [4.69, 9.17) is 11.5 Å². The van der Waals surface area contributed by atoms with Crippen molar-refractivity contribution in [1.82, 2.24) is 10.2 Å². The molecule has 1 saturated heterocycles. The maximum Gasteiger partial charge on any atom is 0.207 e. The normalized spacial score (nSPS) is 19.5. The summed E-state index contributed by atoms with van der Waals surface area (Å²) >= 11 is 0. The first kappa shape index (κ1) is 11.4. The van der Waals surface area contributed by atoms with Crippen LogP contribution in [0.5, 0.6) is 0 Å². The van der Waals surface area contributed by atoms with Crippen LogP contribution in [0.1, 0.15) is 12.8 Å². The Balaban J connectivity index is 2.39. The van der Waals surface area contributed by atoms with Crippen molar-refractivity contribution in [3.8, 4) is 0 Å². The Bertz CT molecular complexity index is 254. The van der Waals surface area contributed by atoms with E-state index < -0.39 is 0 Å². The molecule has 5 heteroatoms. The number of allylic oxidation sites excluding steroid dienone is 2. The fourth-order valence-corrected chi connectivity index (χ4v) is 1.66. The van der Waals surface area contributed by atoms with Crippen LogP contribution in [0.4, 0.5) is 0 Å². The Labute approximate surface area is 89.8 Å². The van der Waals surface area contributed by atoms with Crippen LogP contribution in [-0.4, -0.2) is 30.4 Å². The van der Waals surface area contributed by atoms with E-state index in [-0.39, 0.29) is 6.04 Å². The van der Waals surface area contributed by atoms with Gasteiger partial charge in [0.05, 0.1) is 5.82 Å². The molecule has 15 heavy (non-hydrogen) atoms. The third-order valence-corrected chi connectivity index (χ3v) is 2.54. The van der Waals surface area contributed by atoms with Gasteiger partial charge in [-0.3, -0.25) is 4.79 Å². The van der Waals surface area contributed by atoms with E-state index in [9.17, 15) is 4.79 Å². The highest BCUT2D eigenvalue weighted by Crippen LogP contribution is 2.12. The van der Waals surface area contributed by atoms with Crippen LogP contribution in [0.3, 0.4) is 0 Å². The van der Waals surface area contributed by atoms with Gasteiger partial charge in [0.15, 0.2) is 0 Å². The number of rotatable bonds is 4. The molecule has 0 spiro atoms. The van der Waals surface area contributed by atoms with Gasteiger partial charge in [-0.1, -0.05) is 0 Å². The molecule has 0 unspecified atom stereocenters. The zero-order valence-electron chi connectivity index (χ0n) is 8.73. The molecule has 0 bridgehead atoms. The predicted octanol–water partition coefficient (Wildman–Crippen LogP) is -0.531. The number of carbonyl (C=O) groups excluding carboxylic acids is 1. The number of likely N-dealkylation sites (tertiary alicyclic amines) is 1. The molecule has 84 valence electrons. The molecule has 0 saturated carbocycles. The molecule has 1 amide bonds. The minimum absolute atomic E-state index is 0.289. The van der Waals surface area contributed by atoms with Crippen molar-refractivity contribution < 1.29 is 4.79 Å². The second-order valence-electron chi connectivity index (χ2n) is 3.52. The molecule has 1 aliphatic heterocycles. The first-order valence-corrected chi connectivity index (χ1v) is 5.06. The highest BCUT2D eigenvalue weighted by molar-refractivity contribution is 5.46. The minimum atomic E-state index is 0.289. The SMILES string of the molecule is N/C=C\C=C(/N)N1CCC(NC=O)CC1. The summed E-state index contributed by atoms with van der Waals surface area (Å²) in [6, 6.07) is 0.289. The van der Waals surface area contributed by atoms with Gasteiger partial charge in [0.1, 0.15) is 0 Å². The highest BCUT2D eigenvalue weighted by atomic mass is 16.1. The summed E-state index contributed by atoms with van der Waals surface area (Å²) in [6.07, 6.45) is 7.57. The van der Waals surface area contributed by atoms with Crippen molar-refractivity contribution in [3.63, 3.8) is 0 Å². The zero-order chi connectivity index (χ0) is 11.1. The summed E-state index contributed by atoms with van der Waals surface area (Å²) in [5.74, 6) is 0.723. The lowest BCUT2D eigenvalue weighted by Gasteiger charge is -2.33. The minimum Gasteiger partial charge on any atom is -0.405 e. The maximum atomic E-state index is 10.2. The molecule has 1 rings (SSSR count). The topological polar surface area (TPSA) is 84.4 Å². The van der Waals surface area contributed by atoms with Gasteiger partial charge in [-0.05, 0) is 31.2 Å². The average Bonchev–Trinajstić information content (AvgIpc) is 2.27. The van der Waals surface area contributed by atoms with Crippen molar-refractivity contribution in [2.75, 3.05) is 13.1 Å². The summed E-state index contributed by atoms with van der Waals surface area (Å²) < 4.78 is 0. The van der Waals surface area contributed by atoms with E-state index in [1.807, 2.05) is 0 Å². The van der Waals surface area contributed by atoms with Crippen LogP contribution in [0.25, 0.3) is 0 Å². The maximum absolute atomic E-state index is 10.2. The summed E-state index contributed by atoms with van der Waals surface area (Å²) in [5, 5.41) is 2.79. The van der Waals surface area contributed by atoms with Crippen LogP contribution < -0.4 is 16.8 Å². The number of hydrogen-bond donors (Lipinski definition) is 3. The Morgan fingerprint density at radius 2 is 2.07 bits per heavy atom. The second kappa shape index (κ2) is 5.95. The molecule has 1 aliphatic rings. The molecule has 0 atom stereocenters. The molecule has 0 aromatic heterocycles. The second-order valence-corrected chi connectivity index (χ2v) is 3.52. The number of nitrogens with one attached hydrogen (secondary N) is 1. The third kappa shape index (κ3) is 3.53. The number of carbonyl (C=O) groups is 1. The van der Waals surface area contributed by atoms with E-state index in [1.165, 1.54) is 6.20 Å². The lowest BCUT2D eigenvalue weighted by molar-refractivity contribution is -0.110. The average molecular weight is 210 g/mol. The number of piperidine rings is 1. The molecule has 0 aliphatic carbocycles. The molecule has 0 radical (unpaired) electrons. The lowest BCUT2D eigenvalue weighted by Crippen LogP contribution is -2.42. The summed E-state index contributed by atoms with van der Waals surface area (Å²) in [6.45, 7) is 1.73. The van der Waals surface area contributed by atoms with Gasteiger partial charge in [0.2, 0.25) is 6.41 Å². The quantitative estimate of drug-likeness (QED) is 0.430. The molecule has 5 nitrogen and oxygen atoms in total. The molecule has 1 fully saturated rings. The fraction of sp³-hybridized carbons (Fsp3) is 0.500. The van der Waals surface area contributed by atoms with Crippen LogP contribution in [0.15, 0.2) is 24.2 Å². The summed E-state index contributed by atoms with van der Waals surface area (Å²) in [5.41, 5.74) is 11.1. The van der Waals surface area contributed by atoms with E-state index in [1.54, 1.807) is 12.2 Å². The largest absolute Gasteiger partial charge is 0.405 e. The van der Waals surface area contributed by atoms with E-state index in [2.05, 4.69) is 10.2 Å². The lowest BCUT2D eigenvalue weighted by atomic mass is 10.1. The molecular weight excluding hydrogens is 192 g/mol. The fourth-order valence-electron chi connectivity index (χ4n) is 1.66. The van der Waals surface area contributed by atoms with Gasteiger partial charge in [0.25, 0.3) is 0 Å². The standard InChI is InChI=1S/C10H18N4O/c11-5-1-2-10(12)14-6-3-9(4-7-14)13-8-15/h1-2,5,8-9H,3-4,6-7,11-12H2,(H,13,15)/b5-1-,10-2+. The van der Waals surface area contributed by atoms with Crippen molar-refractivity contribution in [2.45, 2.75) is 18.9 Å². The first-order chi connectivity index (χ1) is 7.27. The number of hydrogen-bond acceptors (Lipinski definition) is 4. The number of amides is 1. The van der Waals surface area contributed by atoms with Gasteiger partial charge in [0, 0.05) is 19.1 Å². The highest BCUT2D eigenvalue weighted by Gasteiger charge is 2.18. The van der Waals surface area contributed by atoms with Gasteiger partial charge in [-0.2, -0.15) is 0 Å². The molecule has 5 N–H and O–H groups in total. The van der Waals surface area contributed by atoms with Crippen LogP contribution >= 0.6 is 0 Å². The van der Waals surface area contributed by atoms with E-state index in [0.29, 0.717) is 0 Å². The van der Waals surface area contributed by atoms with Gasteiger partial charge in [-0.15, -0.1) is 0 Å². The Morgan fingerprint density at radius 1 is 1.40 bits per heavy atom. The molecular formula is C10H18N4O. The van der Waals surface area contributed by atoms with Crippen LogP contribution in [-0.2, 0) is 4.79 Å². The van der Waals surface area contributed by atoms with Crippen molar-refractivity contribution >= 4 is 6.41 Å². The molecule has 0 aromatic rings. The first-order valence-electron chi connectivity index (χ1n) is 5.06. The van der Waals surface area contributed by atoms with Gasteiger partial charge >= 0.3 is 0 Å². The van der Waals surface area contributed by atoms with Crippen LogP contribution in [0.2, 0.25) is 0 Å². The van der Waals surface area contributed by atoms with Gasteiger partial charge in [-0.25, -0.2) is 0 Å². The smallest absolute Gasteiger partial charge is 0.207 e. The van der Waals surface area contributed by atoms with E-state index >= 15 is 0 Å². The Hall–Kier alpha value is -1.65. The Kier molecular flexibility index (Phi) is 4.53. The van der Waals surface area contributed by atoms with Crippen molar-refractivity contribution in [2.24, 2.45) is 11.5 Å². The van der Waals surface area contributed by atoms with Gasteiger partial charge < -0.3 is 21.7 Å². The molecule has 0 aromatic carbocycles. The van der Waals surface area contributed by atoms with E-state index in [0.717, 1.165) is 38.2 Å². The number of nitrogens with zero attached hydrogens (tertiary/aromatic N) is 1. The summed E-state index contributed by atoms with van der Waals surface area (Å²) in [4.78, 5) is 12.3. The zero-order valence-corrected chi connectivity index (χ0v) is 8.73. The predicted molar refractivity (Wildman–Crippen MR) is 59.4 cm³/mol. The monoisotopic (exact) mass is 210 g/mol. The third-order valence-electron chi connectivity index (χ3n) is 2.54. The van der Waals surface area contributed by atoms with Crippen molar-refractivity contribution in [1.29, 1.82) is 0 Å². The molecule has 1 heterocycles. The summed E-state index contributed by atoms with van der Waals surface area (Å²) in [7, 11) is 0.